The molecule has 0 heterocycles. The van der Waals surface area contributed by atoms with E-state index in [1.165, 1.54) is 19.2 Å². The molecule has 23 heavy (non-hydrogen) atoms. The Labute approximate surface area is 134 Å². The Morgan fingerprint density at radius 3 is 2.57 bits per heavy atom. The van der Waals surface area contributed by atoms with Crippen molar-refractivity contribution in [1.82, 2.24) is 5.32 Å². The minimum Gasteiger partial charge on any atom is -0.465 e. The number of nitrogens with zero attached hydrogens (tertiary/aromatic N) is 1. The third kappa shape index (κ3) is 4.15. The summed E-state index contributed by atoms with van der Waals surface area (Å²) in [6.07, 6.45) is 0. The number of carbonyl (C=O) groups excluding carboxylic acids is 1. The molecule has 2 aromatic rings. The van der Waals surface area contributed by atoms with Gasteiger partial charge in [0.2, 0.25) is 0 Å². The highest BCUT2D eigenvalue weighted by molar-refractivity contribution is 5.89. The summed E-state index contributed by atoms with van der Waals surface area (Å²) in [6, 6.07) is 13.9. The van der Waals surface area contributed by atoms with Crippen LogP contribution >= 0.6 is 0 Å². The highest BCUT2D eigenvalue weighted by Gasteiger charge is 2.12. The van der Waals surface area contributed by atoms with Crippen LogP contribution < -0.4 is 5.32 Å². The van der Waals surface area contributed by atoms with E-state index in [0.29, 0.717) is 12.1 Å². The summed E-state index contributed by atoms with van der Waals surface area (Å²) < 4.78 is 18.4. The Morgan fingerprint density at radius 1 is 1.30 bits per heavy atom. The van der Waals surface area contributed by atoms with Crippen molar-refractivity contribution in [2.24, 2.45) is 0 Å². The van der Waals surface area contributed by atoms with Gasteiger partial charge in [-0.05, 0) is 42.3 Å². The Bertz CT molecular complexity index is 736. The average molecular weight is 312 g/mol. The van der Waals surface area contributed by atoms with Gasteiger partial charge in [-0.1, -0.05) is 18.2 Å². The largest absolute Gasteiger partial charge is 0.465 e. The highest BCUT2D eigenvalue weighted by Crippen LogP contribution is 2.16. The van der Waals surface area contributed by atoms with Gasteiger partial charge in [0.1, 0.15) is 5.82 Å². The number of nitriles is 1. The molecule has 1 N–H and O–H groups in total. The van der Waals surface area contributed by atoms with Crippen molar-refractivity contribution in [1.29, 1.82) is 5.26 Å². The van der Waals surface area contributed by atoms with Crippen LogP contribution in [-0.4, -0.2) is 13.1 Å². The second-order valence-corrected chi connectivity index (χ2v) is 5.14. The van der Waals surface area contributed by atoms with E-state index in [4.69, 9.17) is 5.26 Å². The van der Waals surface area contributed by atoms with Crippen molar-refractivity contribution in [3.05, 3.63) is 70.5 Å². The molecule has 0 aliphatic heterocycles. The van der Waals surface area contributed by atoms with E-state index in [9.17, 15) is 9.18 Å². The first kappa shape index (κ1) is 16.7. The van der Waals surface area contributed by atoms with E-state index in [0.717, 1.165) is 11.1 Å². The van der Waals surface area contributed by atoms with Crippen LogP contribution in [0.25, 0.3) is 0 Å². The molecule has 0 spiro atoms. The first-order chi connectivity index (χ1) is 11.0. The number of nitrogens with one attached hydrogen (secondary N) is 1. The zero-order chi connectivity index (χ0) is 16.8. The van der Waals surface area contributed by atoms with Crippen molar-refractivity contribution in [2.75, 3.05) is 7.11 Å². The lowest BCUT2D eigenvalue weighted by molar-refractivity contribution is 0.0595. The average Bonchev–Trinajstić information content (AvgIpc) is 2.59. The van der Waals surface area contributed by atoms with Gasteiger partial charge < -0.3 is 10.1 Å². The molecule has 0 fully saturated rings. The summed E-state index contributed by atoms with van der Waals surface area (Å²) in [7, 11) is 1.22. The number of carbonyl (C=O) groups is 1. The van der Waals surface area contributed by atoms with Gasteiger partial charge in [-0.2, -0.15) is 5.26 Å². The molecule has 0 saturated heterocycles. The molecule has 0 unspecified atom stereocenters. The molecule has 1 atom stereocenters. The van der Waals surface area contributed by atoms with Crippen molar-refractivity contribution in [2.45, 2.75) is 19.5 Å². The molecule has 0 aliphatic carbocycles. The van der Waals surface area contributed by atoms with Gasteiger partial charge in [-0.15, -0.1) is 0 Å². The number of esters is 1. The zero-order valence-corrected chi connectivity index (χ0v) is 13.0. The van der Waals surface area contributed by atoms with Crippen LogP contribution in [-0.2, 0) is 11.3 Å². The second-order valence-electron chi connectivity index (χ2n) is 5.14. The Kier molecular flexibility index (Phi) is 5.45. The van der Waals surface area contributed by atoms with Gasteiger partial charge in [0.25, 0.3) is 0 Å². The fourth-order valence-electron chi connectivity index (χ4n) is 2.18. The van der Waals surface area contributed by atoms with Crippen LogP contribution in [0.1, 0.15) is 40.0 Å². The van der Waals surface area contributed by atoms with E-state index < -0.39 is 11.8 Å². The van der Waals surface area contributed by atoms with Gasteiger partial charge in [0, 0.05) is 12.6 Å². The lowest BCUT2D eigenvalue weighted by atomic mass is 10.1. The van der Waals surface area contributed by atoms with E-state index >= 15 is 0 Å². The molecule has 0 bridgehead atoms. The standard InChI is InChI=1S/C18H17FN2O2/c1-12(15-6-3-13(10-20)4-7-15)21-11-14-5-8-16(17(19)9-14)18(22)23-2/h3-9,12,21H,11H2,1-2H3/t12-/m1/s1. The Balaban J connectivity index is 2.01. The fraction of sp³-hybridized carbons (Fsp3) is 0.222. The van der Waals surface area contributed by atoms with Crippen molar-refractivity contribution in [3.63, 3.8) is 0 Å². The SMILES string of the molecule is COC(=O)c1ccc(CN[C@H](C)c2ccc(C#N)cc2)cc1F. The molecule has 0 aliphatic rings. The number of hydrogen-bond acceptors (Lipinski definition) is 4. The minimum absolute atomic E-state index is 0.0473. The summed E-state index contributed by atoms with van der Waals surface area (Å²) in [4.78, 5) is 11.3. The summed E-state index contributed by atoms with van der Waals surface area (Å²) in [5, 5.41) is 12.1. The quantitative estimate of drug-likeness (QED) is 0.860. The summed E-state index contributed by atoms with van der Waals surface area (Å²) >= 11 is 0. The maximum atomic E-state index is 13.9. The predicted molar refractivity (Wildman–Crippen MR) is 84.2 cm³/mol. The number of halogens is 1. The lowest BCUT2D eigenvalue weighted by Crippen LogP contribution is -2.18. The maximum Gasteiger partial charge on any atom is 0.340 e. The fourth-order valence-corrected chi connectivity index (χ4v) is 2.18. The maximum absolute atomic E-state index is 13.9. The number of ether oxygens (including phenoxy) is 1. The van der Waals surface area contributed by atoms with Gasteiger partial charge in [-0.3, -0.25) is 0 Å². The molecule has 0 aromatic heterocycles. The van der Waals surface area contributed by atoms with E-state index in [-0.39, 0.29) is 11.6 Å². The number of benzene rings is 2. The molecule has 4 nitrogen and oxygen atoms in total. The normalized spacial score (nSPS) is 11.6. The van der Waals surface area contributed by atoms with Crippen molar-refractivity contribution < 1.29 is 13.9 Å². The van der Waals surface area contributed by atoms with Crippen LogP contribution in [0, 0.1) is 17.1 Å². The van der Waals surface area contributed by atoms with Gasteiger partial charge in [-0.25, -0.2) is 9.18 Å². The topological polar surface area (TPSA) is 62.1 Å². The highest BCUT2D eigenvalue weighted by atomic mass is 19.1. The Hall–Kier alpha value is -2.71. The van der Waals surface area contributed by atoms with Crippen LogP contribution in [0.5, 0.6) is 0 Å². The summed E-state index contributed by atoms with van der Waals surface area (Å²) in [6.45, 7) is 2.44. The Morgan fingerprint density at radius 2 is 2.00 bits per heavy atom. The molecule has 0 amide bonds. The second kappa shape index (κ2) is 7.52. The molecular weight excluding hydrogens is 295 g/mol. The first-order valence-electron chi connectivity index (χ1n) is 7.15. The van der Waals surface area contributed by atoms with Crippen LogP contribution in [0.15, 0.2) is 42.5 Å². The third-order valence-electron chi connectivity index (χ3n) is 3.59. The van der Waals surface area contributed by atoms with E-state index in [2.05, 4.69) is 16.1 Å². The van der Waals surface area contributed by atoms with E-state index in [1.54, 1.807) is 18.2 Å². The minimum atomic E-state index is -0.687. The van der Waals surface area contributed by atoms with Crippen LogP contribution in [0.3, 0.4) is 0 Å². The van der Waals surface area contributed by atoms with Gasteiger partial charge in [0.05, 0.1) is 24.3 Å². The van der Waals surface area contributed by atoms with Crippen molar-refractivity contribution >= 4 is 5.97 Å². The summed E-state index contributed by atoms with van der Waals surface area (Å²) in [5.41, 5.74) is 2.31. The first-order valence-corrected chi connectivity index (χ1v) is 7.15. The van der Waals surface area contributed by atoms with Crippen LogP contribution in [0.2, 0.25) is 0 Å². The number of rotatable bonds is 5. The lowest BCUT2D eigenvalue weighted by Gasteiger charge is -2.14. The molecule has 0 radical (unpaired) electrons. The van der Waals surface area contributed by atoms with E-state index in [1.807, 2.05) is 19.1 Å². The number of methoxy groups -OCH3 is 1. The van der Waals surface area contributed by atoms with Gasteiger partial charge >= 0.3 is 5.97 Å². The number of hydrogen-bond donors (Lipinski definition) is 1. The molecule has 2 aromatic carbocycles. The monoisotopic (exact) mass is 312 g/mol. The zero-order valence-electron chi connectivity index (χ0n) is 13.0. The molecule has 2 rings (SSSR count). The van der Waals surface area contributed by atoms with Gasteiger partial charge in [0.15, 0.2) is 0 Å². The third-order valence-corrected chi connectivity index (χ3v) is 3.59. The smallest absolute Gasteiger partial charge is 0.340 e. The predicted octanol–water partition coefficient (Wildman–Crippen LogP) is 3.33. The summed E-state index contributed by atoms with van der Waals surface area (Å²) in [5.74, 6) is -1.28. The molecule has 5 heteroatoms. The molecular formula is C18H17FN2O2. The molecule has 0 saturated carbocycles. The molecule has 118 valence electrons. The van der Waals surface area contributed by atoms with Crippen molar-refractivity contribution in [3.8, 4) is 6.07 Å². The van der Waals surface area contributed by atoms with Crippen LogP contribution in [0.4, 0.5) is 4.39 Å².